The lowest BCUT2D eigenvalue weighted by atomic mass is 10.1. The molecule has 5 heteroatoms. The van der Waals surface area contributed by atoms with Crippen LogP contribution in [0.3, 0.4) is 0 Å². The first-order chi connectivity index (χ1) is 8.91. The molecule has 1 heterocycles. The predicted octanol–water partition coefficient (Wildman–Crippen LogP) is 1.72. The van der Waals surface area contributed by atoms with Crippen LogP contribution in [0.5, 0.6) is 0 Å². The van der Waals surface area contributed by atoms with Crippen molar-refractivity contribution in [2.24, 2.45) is 0 Å². The van der Waals surface area contributed by atoms with Gasteiger partial charge in [-0.2, -0.15) is 0 Å². The zero-order chi connectivity index (χ0) is 14.2. The Morgan fingerprint density at radius 2 is 2.05 bits per heavy atom. The van der Waals surface area contributed by atoms with Gasteiger partial charge in [0.2, 0.25) is 11.8 Å². The van der Waals surface area contributed by atoms with E-state index in [1.165, 1.54) is 22.8 Å². The third-order valence-corrected chi connectivity index (χ3v) is 3.45. The van der Waals surface area contributed by atoms with E-state index in [1.54, 1.807) is 19.1 Å². The van der Waals surface area contributed by atoms with E-state index in [1.807, 2.05) is 6.92 Å². The van der Waals surface area contributed by atoms with Crippen molar-refractivity contribution >= 4 is 17.5 Å². The average molecular weight is 264 g/mol. The van der Waals surface area contributed by atoms with E-state index in [-0.39, 0.29) is 11.8 Å². The van der Waals surface area contributed by atoms with Crippen LogP contribution < -0.4 is 4.90 Å². The Bertz CT molecular complexity index is 530. The second kappa shape index (κ2) is 4.99. The smallest absolute Gasteiger partial charge is 0.249 e. The number of hydrogen-bond donors (Lipinski definition) is 0. The Labute approximate surface area is 111 Å². The monoisotopic (exact) mass is 264 g/mol. The second-order valence-corrected chi connectivity index (χ2v) is 4.83. The van der Waals surface area contributed by atoms with Crippen molar-refractivity contribution in [2.75, 3.05) is 18.0 Å². The first kappa shape index (κ1) is 13.5. The molecule has 2 amide bonds. The molecule has 0 N–H and O–H groups in total. The number of carbonyl (C=O) groups excluding carboxylic acids is 2. The fourth-order valence-electron chi connectivity index (χ4n) is 2.37. The third-order valence-electron chi connectivity index (χ3n) is 3.45. The Hall–Kier alpha value is -1.91. The van der Waals surface area contributed by atoms with Crippen molar-refractivity contribution in [3.8, 4) is 0 Å². The molecule has 0 bridgehead atoms. The number of nitrogens with zero attached hydrogens (tertiary/aromatic N) is 2. The SMILES string of the molecule is CC(=O)N1CCN(c2cc(C)ccc2F)C(=O)C1C. The fourth-order valence-corrected chi connectivity index (χ4v) is 2.37. The summed E-state index contributed by atoms with van der Waals surface area (Å²) < 4.78 is 13.8. The van der Waals surface area contributed by atoms with E-state index in [4.69, 9.17) is 0 Å². The summed E-state index contributed by atoms with van der Waals surface area (Å²) in [5.41, 5.74) is 1.19. The standard InChI is InChI=1S/C14H17FN2O2/c1-9-4-5-12(15)13(8-9)17-7-6-16(11(3)18)10(2)14(17)19/h4-5,8,10H,6-7H2,1-3H3. The molecule has 0 saturated carbocycles. The van der Waals surface area contributed by atoms with E-state index in [2.05, 4.69) is 0 Å². The van der Waals surface area contributed by atoms with Crippen LogP contribution in [0.15, 0.2) is 18.2 Å². The summed E-state index contributed by atoms with van der Waals surface area (Å²) in [4.78, 5) is 26.6. The molecule has 1 saturated heterocycles. The second-order valence-electron chi connectivity index (χ2n) is 4.83. The van der Waals surface area contributed by atoms with Gasteiger partial charge in [-0.15, -0.1) is 0 Å². The lowest BCUT2D eigenvalue weighted by molar-refractivity contribution is -0.139. The Morgan fingerprint density at radius 1 is 1.37 bits per heavy atom. The number of piperazine rings is 1. The summed E-state index contributed by atoms with van der Waals surface area (Å²) in [6.07, 6.45) is 0. The lowest BCUT2D eigenvalue weighted by Crippen LogP contribution is -2.57. The maximum atomic E-state index is 13.8. The quantitative estimate of drug-likeness (QED) is 0.775. The van der Waals surface area contributed by atoms with Crippen molar-refractivity contribution in [1.29, 1.82) is 0 Å². The molecule has 1 unspecified atom stereocenters. The molecule has 1 aromatic carbocycles. The van der Waals surface area contributed by atoms with Crippen molar-refractivity contribution in [2.45, 2.75) is 26.8 Å². The highest BCUT2D eigenvalue weighted by Gasteiger charge is 2.34. The molecule has 19 heavy (non-hydrogen) atoms. The molecule has 4 nitrogen and oxygen atoms in total. The van der Waals surface area contributed by atoms with Crippen molar-refractivity contribution in [1.82, 2.24) is 4.90 Å². The van der Waals surface area contributed by atoms with Gasteiger partial charge in [0, 0.05) is 20.0 Å². The number of anilines is 1. The molecule has 0 spiro atoms. The minimum Gasteiger partial charge on any atom is -0.329 e. The zero-order valence-corrected chi connectivity index (χ0v) is 11.3. The lowest BCUT2D eigenvalue weighted by Gasteiger charge is -2.38. The third kappa shape index (κ3) is 2.45. The minimum absolute atomic E-state index is 0.134. The van der Waals surface area contributed by atoms with E-state index in [9.17, 15) is 14.0 Å². The first-order valence-corrected chi connectivity index (χ1v) is 6.26. The number of amides is 2. The summed E-state index contributed by atoms with van der Waals surface area (Å²) in [7, 11) is 0. The number of carbonyl (C=O) groups is 2. The van der Waals surface area contributed by atoms with Gasteiger partial charge in [0.05, 0.1) is 5.69 Å². The van der Waals surface area contributed by atoms with Gasteiger partial charge in [-0.3, -0.25) is 9.59 Å². The Morgan fingerprint density at radius 3 is 2.68 bits per heavy atom. The van der Waals surface area contributed by atoms with Gasteiger partial charge in [0.1, 0.15) is 11.9 Å². The molecular weight excluding hydrogens is 247 g/mol. The van der Waals surface area contributed by atoms with Gasteiger partial charge >= 0.3 is 0 Å². The highest BCUT2D eigenvalue weighted by molar-refractivity contribution is 6.00. The maximum absolute atomic E-state index is 13.8. The summed E-state index contributed by atoms with van der Waals surface area (Å²) in [6, 6.07) is 4.13. The average Bonchev–Trinajstić information content (AvgIpc) is 2.35. The van der Waals surface area contributed by atoms with Crippen LogP contribution in [0.1, 0.15) is 19.4 Å². The fraction of sp³-hybridized carbons (Fsp3) is 0.429. The molecule has 1 atom stereocenters. The number of halogens is 1. The predicted molar refractivity (Wildman–Crippen MR) is 70.3 cm³/mol. The molecule has 0 aromatic heterocycles. The van der Waals surface area contributed by atoms with Crippen LogP contribution in [-0.4, -0.2) is 35.8 Å². The number of benzene rings is 1. The summed E-state index contributed by atoms with van der Waals surface area (Å²) in [5, 5.41) is 0. The van der Waals surface area contributed by atoms with Crippen LogP contribution in [0, 0.1) is 12.7 Å². The van der Waals surface area contributed by atoms with Crippen LogP contribution in [0.25, 0.3) is 0 Å². The highest BCUT2D eigenvalue weighted by atomic mass is 19.1. The van der Waals surface area contributed by atoms with E-state index >= 15 is 0 Å². The molecule has 1 aliphatic heterocycles. The summed E-state index contributed by atoms with van der Waals surface area (Å²) in [5.74, 6) is -0.793. The number of aryl methyl sites for hydroxylation is 1. The van der Waals surface area contributed by atoms with Gasteiger partial charge in [-0.25, -0.2) is 4.39 Å². The first-order valence-electron chi connectivity index (χ1n) is 6.26. The molecule has 2 rings (SSSR count). The van der Waals surface area contributed by atoms with E-state index in [0.29, 0.717) is 18.8 Å². The van der Waals surface area contributed by atoms with Crippen molar-refractivity contribution in [3.05, 3.63) is 29.6 Å². The Balaban J connectivity index is 2.30. The zero-order valence-electron chi connectivity index (χ0n) is 11.3. The van der Waals surface area contributed by atoms with Gasteiger partial charge in [0.15, 0.2) is 0 Å². The topological polar surface area (TPSA) is 40.6 Å². The highest BCUT2D eigenvalue weighted by Crippen LogP contribution is 2.24. The minimum atomic E-state index is -0.550. The van der Waals surface area contributed by atoms with E-state index in [0.717, 1.165) is 5.56 Å². The molecular formula is C14H17FN2O2. The van der Waals surface area contributed by atoms with Gasteiger partial charge < -0.3 is 9.80 Å². The largest absolute Gasteiger partial charge is 0.329 e. The molecule has 0 radical (unpaired) electrons. The van der Waals surface area contributed by atoms with Gasteiger partial charge in [-0.1, -0.05) is 6.07 Å². The van der Waals surface area contributed by atoms with Gasteiger partial charge in [-0.05, 0) is 31.5 Å². The van der Waals surface area contributed by atoms with Gasteiger partial charge in [0.25, 0.3) is 0 Å². The van der Waals surface area contributed by atoms with Crippen LogP contribution in [-0.2, 0) is 9.59 Å². The van der Waals surface area contributed by atoms with Crippen LogP contribution >= 0.6 is 0 Å². The molecule has 1 aliphatic rings. The summed E-state index contributed by atoms with van der Waals surface area (Å²) in [6.45, 7) is 5.71. The van der Waals surface area contributed by atoms with Crippen LogP contribution in [0.2, 0.25) is 0 Å². The molecule has 1 fully saturated rings. The Kier molecular flexibility index (Phi) is 3.55. The molecule has 102 valence electrons. The molecule has 1 aromatic rings. The normalized spacial score (nSPS) is 19.8. The van der Waals surface area contributed by atoms with Crippen molar-refractivity contribution in [3.63, 3.8) is 0 Å². The van der Waals surface area contributed by atoms with E-state index < -0.39 is 11.9 Å². The summed E-state index contributed by atoms with van der Waals surface area (Å²) >= 11 is 0. The number of rotatable bonds is 1. The molecule has 0 aliphatic carbocycles. The maximum Gasteiger partial charge on any atom is 0.249 e. The number of hydrogen-bond acceptors (Lipinski definition) is 2. The van der Waals surface area contributed by atoms with Crippen molar-refractivity contribution < 1.29 is 14.0 Å². The van der Waals surface area contributed by atoms with Crippen LogP contribution in [0.4, 0.5) is 10.1 Å².